The molecular weight excluding hydrogens is 314 g/mol. The smallest absolute Gasteiger partial charge is 0.249 e. The van der Waals surface area contributed by atoms with Crippen LogP contribution in [0.1, 0.15) is 34.0 Å². The zero-order valence-corrected chi connectivity index (χ0v) is 13.0. The summed E-state index contributed by atoms with van der Waals surface area (Å²) in [5.74, 6) is -1.94. The number of anilines is 1. The zero-order chi connectivity index (χ0) is 17.3. The van der Waals surface area contributed by atoms with Crippen molar-refractivity contribution in [1.82, 2.24) is 0 Å². The van der Waals surface area contributed by atoms with Gasteiger partial charge in [-0.1, -0.05) is 12.1 Å². The predicted octanol–water partition coefficient (Wildman–Crippen LogP) is 2.55. The van der Waals surface area contributed by atoms with Gasteiger partial charge in [0.2, 0.25) is 5.91 Å². The standard InChI is InChI=1S/C18H18F2N2O2/c19-11-6-7-14(15(20)9-11)17(23)10-22-8-2-4-12-13(18(21)24)3-1-5-16(12)22/h1,3,5-7,9,17,23H,2,4,8,10H2,(H2,21,24). The maximum Gasteiger partial charge on any atom is 0.249 e. The van der Waals surface area contributed by atoms with Crippen LogP contribution in [0.2, 0.25) is 0 Å². The first kappa shape index (κ1) is 16.4. The second-order valence-corrected chi connectivity index (χ2v) is 5.90. The topological polar surface area (TPSA) is 66.6 Å². The van der Waals surface area contributed by atoms with E-state index in [4.69, 9.17) is 5.73 Å². The van der Waals surface area contributed by atoms with E-state index in [1.54, 1.807) is 12.1 Å². The number of benzene rings is 2. The van der Waals surface area contributed by atoms with Crippen molar-refractivity contribution < 1.29 is 18.7 Å². The largest absolute Gasteiger partial charge is 0.386 e. The summed E-state index contributed by atoms with van der Waals surface area (Å²) in [6.07, 6.45) is 0.427. The number of aliphatic hydroxyl groups excluding tert-OH is 1. The molecular formula is C18H18F2N2O2. The van der Waals surface area contributed by atoms with Crippen molar-refractivity contribution in [2.24, 2.45) is 5.73 Å². The Morgan fingerprint density at radius 2 is 2.08 bits per heavy atom. The van der Waals surface area contributed by atoms with Crippen molar-refractivity contribution in [3.63, 3.8) is 0 Å². The maximum atomic E-state index is 13.8. The number of rotatable bonds is 4. The number of carbonyl (C=O) groups is 1. The van der Waals surface area contributed by atoms with Gasteiger partial charge in [0.15, 0.2) is 0 Å². The van der Waals surface area contributed by atoms with Crippen molar-refractivity contribution in [3.05, 3.63) is 64.7 Å². The SMILES string of the molecule is NC(=O)c1cccc2c1CCCN2CC(O)c1ccc(F)cc1F. The minimum Gasteiger partial charge on any atom is -0.386 e. The Balaban J connectivity index is 1.87. The molecule has 3 rings (SSSR count). The second kappa shape index (κ2) is 6.57. The number of carbonyl (C=O) groups excluding carboxylic acids is 1. The van der Waals surface area contributed by atoms with Crippen molar-refractivity contribution in [1.29, 1.82) is 0 Å². The normalized spacial score (nSPS) is 15.0. The Labute approximate surface area is 138 Å². The number of nitrogens with two attached hydrogens (primary N) is 1. The summed E-state index contributed by atoms with van der Waals surface area (Å²) in [7, 11) is 0. The number of β-amino-alcohol motifs (C(OH)–C–C–N with tert-alkyl or cyclic N) is 1. The first-order chi connectivity index (χ1) is 11.5. The van der Waals surface area contributed by atoms with Gasteiger partial charge in [-0.25, -0.2) is 8.78 Å². The van der Waals surface area contributed by atoms with Gasteiger partial charge < -0.3 is 15.7 Å². The lowest BCUT2D eigenvalue weighted by Crippen LogP contribution is -2.34. The maximum absolute atomic E-state index is 13.8. The van der Waals surface area contributed by atoms with Gasteiger partial charge in [0.1, 0.15) is 11.6 Å². The van der Waals surface area contributed by atoms with Gasteiger partial charge in [-0.3, -0.25) is 4.79 Å². The van der Waals surface area contributed by atoms with E-state index in [0.29, 0.717) is 12.1 Å². The molecule has 1 amide bonds. The number of fused-ring (bicyclic) bond motifs is 1. The molecule has 2 aromatic rings. The zero-order valence-electron chi connectivity index (χ0n) is 13.0. The summed E-state index contributed by atoms with van der Waals surface area (Å²) in [6.45, 7) is 0.826. The van der Waals surface area contributed by atoms with Crippen molar-refractivity contribution in [2.75, 3.05) is 18.0 Å². The van der Waals surface area contributed by atoms with E-state index in [1.807, 2.05) is 11.0 Å². The highest BCUT2D eigenvalue weighted by Crippen LogP contribution is 2.31. The number of amides is 1. The third kappa shape index (κ3) is 3.10. The summed E-state index contributed by atoms with van der Waals surface area (Å²) in [4.78, 5) is 13.5. The highest BCUT2D eigenvalue weighted by molar-refractivity contribution is 5.96. The van der Waals surface area contributed by atoms with Crippen molar-refractivity contribution >= 4 is 11.6 Å². The van der Waals surface area contributed by atoms with Crippen LogP contribution in [0.3, 0.4) is 0 Å². The summed E-state index contributed by atoms with van der Waals surface area (Å²) in [6, 6.07) is 8.41. The van der Waals surface area contributed by atoms with E-state index in [9.17, 15) is 18.7 Å². The summed E-state index contributed by atoms with van der Waals surface area (Å²) in [5.41, 5.74) is 7.61. The van der Waals surface area contributed by atoms with Crippen LogP contribution >= 0.6 is 0 Å². The number of halogens is 2. The quantitative estimate of drug-likeness (QED) is 0.904. The van der Waals surface area contributed by atoms with Crippen LogP contribution in [-0.2, 0) is 6.42 Å². The molecule has 1 heterocycles. The number of aliphatic hydroxyl groups is 1. The molecule has 1 aliphatic heterocycles. The van der Waals surface area contributed by atoms with Crippen LogP contribution in [0.25, 0.3) is 0 Å². The van der Waals surface area contributed by atoms with Gasteiger partial charge in [0.05, 0.1) is 6.10 Å². The number of hydrogen-bond donors (Lipinski definition) is 2. The highest BCUT2D eigenvalue weighted by Gasteiger charge is 2.24. The van der Waals surface area contributed by atoms with Crippen LogP contribution < -0.4 is 10.6 Å². The molecule has 1 atom stereocenters. The molecule has 0 aromatic heterocycles. The molecule has 0 spiro atoms. The molecule has 1 unspecified atom stereocenters. The van der Waals surface area contributed by atoms with E-state index in [-0.39, 0.29) is 12.1 Å². The molecule has 0 saturated heterocycles. The van der Waals surface area contributed by atoms with E-state index >= 15 is 0 Å². The van der Waals surface area contributed by atoms with Gasteiger partial charge >= 0.3 is 0 Å². The van der Waals surface area contributed by atoms with Crippen LogP contribution in [-0.4, -0.2) is 24.1 Å². The van der Waals surface area contributed by atoms with E-state index in [2.05, 4.69) is 0 Å². The molecule has 0 saturated carbocycles. The van der Waals surface area contributed by atoms with Gasteiger partial charge in [-0.2, -0.15) is 0 Å². The average Bonchev–Trinajstić information content (AvgIpc) is 2.54. The monoisotopic (exact) mass is 332 g/mol. The van der Waals surface area contributed by atoms with Crippen molar-refractivity contribution in [2.45, 2.75) is 18.9 Å². The van der Waals surface area contributed by atoms with Gasteiger partial charge in [-0.15, -0.1) is 0 Å². The molecule has 2 aromatic carbocycles. The van der Waals surface area contributed by atoms with Gasteiger partial charge in [-0.05, 0) is 36.6 Å². The fourth-order valence-electron chi connectivity index (χ4n) is 3.20. The van der Waals surface area contributed by atoms with Crippen LogP contribution in [0.15, 0.2) is 36.4 Å². The molecule has 0 radical (unpaired) electrons. The number of hydrogen-bond acceptors (Lipinski definition) is 3. The fourth-order valence-corrected chi connectivity index (χ4v) is 3.20. The molecule has 24 heavy (non-hydrogen) atoms. The molecule has 4 nitrogen and oxygen atoms in total. The number of nitrogens with zero attached hydrogens (tertiary/aromatic N) is 1. The summed E-state index contributed by atoms with van der Waals surface area (Å²) in [5, 5.41) is 10.4. The van der Waals surface area contributed by atoms with Crippen LogP contribution in [0.4, 0.5) is 14.5 Å². The highest BCUT2D eigenvalue weighted by atomic mass is 19.1. The molecule has 0 bridgehead atoms. The Kier molecular flexibility index (Phi) is 4.49. The van der Waals surface area contributed by atoms with Crippen molar-refractivity contribution in [3.8, 4) is 0 Å². The lowest BCUT2D eigenvalue weighted by Gasteiger charge is -2.33. The molecule has 0 fully saturated rings. The fraction of sp³-hybridized carbons (Fsp3) is 0.278. The van der Waals surface area contributed by atoms with Crippen LogP contribution in [0, 0.1) is 11.6 Å². The van der Waals surface area contributed by atoms with Crippen LogP contribution in [0.5, 0.6) is 0 Å². The predicted molar refractivity (Wildman–Crippen MR) is 86.8 cm³/mol. The minimum atomic E-state index is -1.10. The molecule has 6 heteroatoms. The Morgan fingerprint density at radius 3 is 2.79 bits per heavy atom. The Morgan fingerprint density at radius 1 is 1.29 bits per heavy atom. The van der Waals surface area contributed by atoms with Gasteiger partial charge in [0, 0.05) is 36.0 Å². The average molecular weight is 332 g/mol. The van der Waals surface area contributed by atoms with E-state index in [1.165, 1.54) is 6.07 Å². The van der Waals surface area contributed by atoms with E-state index in [0.717, 1.165) is 36.2 Å². The molecule has 3 N–H and O–H groups in total. The second-order valence-electron chi connectivity index (χ2n) is 5.90. The molecule has 1 aliphatic rings. The number of primary amides is 1. The van der Waals surface area contributed by atoms with E-state index < -0.39 is 23.6 Å². The molecule has 126 valence electrons. The first-order valence-corrected chi connectivity index (χ1v) is 7.77. The summed E-state index contributed by atoms with van der Waals surface area (Å²) >= 11 is 0. The Hall–Kier alpha value is -2.47. The third-order valence-electron chi connectivity index (χ3n) is 4.33. The Bertz CT molecular complexity index is 780. The molecule has 0 aliphatic carbocycles. The lowest BCUT2D eigenvalue weighted by atomic mass is 9.95. The first-order valence-electron chi connectivity index (χ1n) is 7.77. The summed E-state index contributed by atoms with van der Waals surface area (Å²) < 4.78 is 26.9. The third-order valence-corrected chi connectivity index (χ3v) is 4.33. The minimum absolute atomic E-state index is 0.0505. The van der Waals surface area contributed by atoms with Gasteiger partial charge in [0.25, 0.3) is 0 Å². The lowest BCUT2D eigenvalue weighted by molar-refractivity contribution is 0.0999.